The number of aromatic amines is 1. The third kappa shape index (κ3) is 6.71. The average molecular weight is 677 g/mol. The van der Waals surface area contributed by atoms with Crippen molar-refractivity contribution in [3.63, 3.8) is 0 Å². The van der Waals surface area contributed by atoms with Crippen LogP contribution in [-0.4, -0.2) is 50.7 Å². The summed E-state index contributed by atoms with van der Waals surface area (Å²) in [5.41, 5.74) is 1.15. The number of nitrogens with one attached hydrogen (secondary N) is 1. The molecule has 0 radical (unpaired) electrons. The molecule has 2 N–H and O–H groups in total. The summed E-state index contributed by atoms with van der Waals surface area (Å²) in [6.45, 7) is 5.78. The molecule has 0 aliphatic carbocycles. The maximum absolute atomic E-state index is 15.6. The Morgan fingerprint density at radius 1 is 1.06 bits per heavy atom. The smallest absolute Gasteiger partial charge is 0.303 e. The van der Waals surface area contributed by atoms with Crippen molar-refractivity contribution in [2.24, 2.45) is 12.5 Å². The molecule has 0 spiro atoms. The number of carboxylic acid groups (broad SMARTS) is 1. The van der Waals surface area contributed by atoms with Gasteiger partial charge in [-0.1, -0.05) is 38.1 Å². The molecule has 4 bridgehead atoms. The molecular weight excluding hydrogens is 638 g/mol. The average Bonchev–Trinajstić information content (AvgIpc) is 3.65. The minimum Gasteiger partial charge on any atom is -0.481 e. The molecule has 2 aromatic heterocycles. The van der Waals surface area contributed by atoms with E-state index < -0.39 is 38.3 Å². The van der Waals surface area contributed by atoms with Crippen LogP contribution in [0.1, 0.15) is 62.5 Å². The molecule has 0 fully saturated rings. The largest absolute Gasteiger partial charge is 0.481 e. The number of aliphatic carboxylic acids is 1. The van der Waals surface area contributed by atoms with Crippen LogP contribution < -0.4 is 4.74 Å². The fourth-order valence-corrected chi connectivity index (χ4v) is 8.58. The Balaban J connectivity index is 1.52. The van der Waals surface area contributed by atoms with Crippen LogP contribution in [-0.2, 0) is 39.9 Å². The number of carboxylic acids is 1. The van der Waals surface area contributed by atoms with Crippen molar-refractivity contribution in [3.8, 4) is 22.9 Å². The third-order valence-corrected chi connectivity index (χ3v) is 11.3. The highest BCUT2D eigenvalue weighted by molar-refractivity contribution is 7.91. The van der Waals surface area contributed by atoms with Gasteiger partial charge in [0.25, 0.3) is 0 Å². The zero-order valence-electron chi connectivity index (χ0n) is 27.3. The van der Waals surface area contributed by atoms with E-state index in [0.717, 1.165) is 11.1 Å². The van der Waals surface area contributed by atoms with E-state index in [1.165, 1.54) is 28.9 Å². The van der Waals surface area contributed by atoms with E-state index in [2.05, 4.69) is 4.98 Å². The molecule has 1 unspecified atom stereocenters. The summed E-state index contributed by atoms with van der Waals surface area (Å²) in [7, 11) is -1.97. The van der Waals surface area contributed by atoms with Crippen LogP contribution in [0.4, 0.5) is 8.78 Å². The highest BCUT2D eigenvalue weighted by Crippen LogP contribution is 2.42. The number of rotatable bonds is 4. The molecule has 0 saturated heterocycles. The van der Waals surface area contributed by atoms with Gasteiger partial charge in [-0.15, -0.1) is 0 Å². The first-order chi connectivity index (χ1) is 22.6. The van der Waals surface area contributed by atoms with Crippen LogP contribution in [0.2, 0.25) is 0 Å². The lowest BCUT2D eigenvalue weighted by molar-refractivity contribution is -0.136. The second-order valence-electron chi connectivity index (χ2n) is 13.7. The predicted molar refractivity (Wildman–Crippen MR) is 179 cm³/mol. The highest BCUT2D eigenvalue weighted by atomic mass is 32.2. The van der Waals surface area contributed by atoms with Crippen molar-refractivity contribution in [2.75, 3.05) is 11.5 Å². The minimum atomic E-state index is -3.63. The number of aromatic nitrogens is 4. The zero-order chi connectivity index (χ0) is 34.4. The standard InChI is InChI=1S/C36H38F2N4O5S/c1-35(2)14-15-36(3,23-7-5-6-22(18-23)8-11-31(43)44)34-40-33(42(4)41-34)27-19-24(9-10-28(27)37)47-32-26(13-17-48(45,46)21-35)25-12-16-39-30(25)20-29(32)38/h5-7,9-10,12,16,18-20,39H,8,11,13-15,17,21H2,1-4H3,(H,43,44). The second-order valence-corrected chi connectivity index (χ2v) is 15.8. The fraction of sp³-hybridized carbons (Fsp3) is 0.361. The first-order valence-corrected chi connectivity index (χ1v) is 17.7. The van der Waals surface area contributed by atoms with E-state index in [0.29, 0.717) is 41.6 Å². The lowest BCUT2D eigenvalue weighted by Gasteiger charge is -2.33. The van der Waals surface area contributed by atoms with E-state index in [1.807, 2.05) is 45.0 Å². The van der Waals surface area contributed by atoms with Gasteiger partial charge in [-0.05, 0) is 73.4 Å². The molecule has 0 amide bonds. The molecule has 1 aliphatic rings. The van der Waals surface area contributed by atoms with Gasteiger partial charge >= 0.3 is 5.97 Å². The van der Waals surface area contributed by atoms with E-state index in [-0.39, 0.29) is 47.2 Å². The molecule has 48 heavy (non-hydrogen) atoms. The summed E-state index contributed by atoms with van der Waals surface area (Å²) < 4.78 is 66.1. The molecule has 0 saturated carbocycles. The molecule has 3 heterocycles. The van der Waals surface area contributed by atoms with Gasteiger partial charge in [-0.2, -0.15) is 5.10 Å². The number of sulfone groups is 1. The van der Waals surface area contributed by atoms with Crippen LogP contribution in [0.25, 0.3) is 22.3 Å². The number of hydrogen-bond acceptors (Lipinski definition) is 6. The Morgan fingerprint density at radius 2 is 1.85 bits per heavy atom. The Labute approximate surface area is 277 Å². The number of aryl methyl sites for hydroxylation is 3. The number of benzene rings is 3. The number of ether oxygens (including phenoxy) is 1. The Morgan fingerprint density at radius 3 is 2.62 bits per heavy atom. The van der Waals surface area contributed by atoms with E-state index in [4.69, 9.17) is 14.8 Å². The van der Waals surface area contributed by atoms with Gasteiger partial charge in [0.05, 0.1) is 22.5 Å². The van der Waals surface area contributed by atoms with E-state index >= 15 is 8.78 Å². The van der Waals surface area contributed by atoms with Gasteiger partial charge in [0.15, 0.2) is 33.1 Å². The molecule has 5 aromatic rings. The number of hydrogen-bond donors (Lipinski definition) is 2. The molecule has 6 rings (SSSR count). The Hall–Kier alpha value is -4.58. The van der Waals surface area contributed by atoms with Crippen LogP contribution >= 0.6 is 0 Å². The number of H-pyrrole nitrogens is 1. The molecule has 1 aliphatic heterocycles. The van der Waals surface area contributed by atoms with E-state index in [9.17, 15) is 18.3 Å². The third-order valence-electron chi connectivity index (χ3n) is 9.29. The minimum absolute atomic E-state index is 0.0149. The summed E-state index contributed by atoms with van der Waals surface area (Å²) in [4.78, 5) is 19.1. The summed E-state index contributed by atoms with van der Waals surface area (Å²) in [5.74, 6) is -1.83. The maximum Gasteiger partial charge on any atom is 0.303 e. The van der Waals surface area contributed by atoms with Crippen LogP contribution in [0.5, 0.6) is 11.5 Å². The zero-order valence-corrected chi connectivity index (χ0v) is 28.1. The normalized spacial score (nSPS) is 19.3. The molecule has 9 nitrogen and oxygen atoms in total. The van der Waals surface area contributed by atoms with Crippen molar-refractivity contribution in [3.05, 3.63) is 94.9 Å². The first kappa shape index (κ1) is 33.3. The Kier molecular flexibility index (Phi) is 8.65. The molecule has 12 heteroatoms. The van der Waals surface area contributed by atoms with Gasteiger partial charge in [0.1, 0.15) is 11.6 Å². The summed E-state index contributed by atoms with van der Waals surface area (Å²) in [6.07, 6.45) is 2.89. The molecule has 1 atom stereocenters. The summed E-state index contributed by atoms with van der Waals surface area (Å²) in [6, 6.07) is 14.7. The Bertz CT molecular complexity index is 2140. The number of nitrogens with zero attached hydrogens (tertiary/aromatic N) is 3. The van der Waals surface area contributed by atoms with Crippen molar-refractivity contribution >= 4 is 26.7 Å². The van der Waals surface area contributed by atoms with Crippen molar-refractivity contribution in [1.82, 2.24) is 19.7 Å². The maximum atomic E-state index is 15.6. The molecule has 3 aromatic carbocycles. The van der Waals surface area contributed by atoms with Gasteiger partial charge < -0.3 is 14.8 Å². The molecular formula is C36H38F2N4O5S. The van der Waals surface area contributed by atoms with Crippen LogP contribution in [0, 0.1) is 17.0 Å². The SMILES string of the molecule is Cn1nc2nc1-c1cc(ccc1F)Oc1c(F)cc3[nH]ccc3c1CCS(=O)(=O)CC(C)(C)CCC2(C)c1cccc(CCC(=O)O)c1. The van der Waals surface area contributed by atoms with Crippen molar-refractivity contribution in [2.45, 2.75) is 58.3 Å². The van der Waals surface area contributed by atoms with Crippen molar-refractivity contribution < 1.29 is 31.8 Å². The predicted octanol–water partition coefficient (Wildman–Crippen LogP) is 7.13. The van der Waals surface area contributed by atoms with E-state index in [1.54, 1.807) is 19.3 Å². The van der Waals surface area contributed by atoms with Gasteiger partial charge in [0.2, 0.25) is 0 Å². The summed E-state index contributed by atoms with van der Waals surface area (Å²) in [5, 5.41) is 14.7. The van der Waals surface area contributed by atoms with Crippen LogP contribution in [0.3, 0.4) is 0 Å². The lowest BCUT2D eigenvalue weighted by Crippen LogP contribution is -2.32. The van der Waals surface area contributed by atoms with Crippen molar-refractivity contribution in [1.29, 1.82) is 0 Å². The number of carbonyl (C=O) groups is 1. The number of fused-ring (bicyclic) bond motifs is 8. The summed E-state index contributed by atoms with van der Waals surface area (Å²) >= 11 is 0. The van der Waals surface area contributed by atoms with Gasteiger partial charge in [-0.3, -0.25) is 4.79 Å². The topological polar surface area (TPSA) is 127 Å². The quantitative estimate of drug-likeness (QED) is 0.207. The fourth-order valence-electron chi connectivity index (χ4n) is 6.58. The first-order valence-electron chi connectivity index (χ1n) is 15.8. The van der Waals surface area contributed by atoms with Crippen LogP contribution in [0.15, 0.2) is 60.8 Å². The highest BCUT2D eigenvalue weighted by Gasteiger charge is 2.38. The molecule has 252 valence electrons. The van der Waals surface area contributed by atoms with Gasteiger partial charge in [-0.25, -0.2) is 26.9 Å². The lowest BCUT2D eigenvalue weighted by atomic mass is 9.73. The number of halogens is 2. The second kappa shape index (κ2) is 12.5. The monoisotopic (exact) mass is 676 g/mol. The van der Waals surface area contributed by atoms with Gasteiger partial charge in [0, 0.05) is 42.2 Å².